The SMILES string of the molecule is NNc1nc(NC2CCN3CCCCC23)c2cn[nH]c2n1. The van der Waals surface area contributed by atoms with Crippen LogP contribution in [-0.4, -0.2) is 50.2 Å². The highest BCUT2D eigenvalue weighted by molar-refractivity contribution is 5.87. The third kappa shape index (κ3) is 2.20. The van der Waals surface area contributed by atoms with Gasteiger partial charge >= 0.3 is 0 Å². The lowest BCUT2D eigenvalue weighted by atomic mass is 9.99. The fraction of sp³-hybridized carbons (Fsp3) is 0.615. The van der Waals surface area contributed by atoms with E-state index in [1.54, 1.807) is 6.20 Å². The van der Waals surface area contributed by atoms with E-state index in [0.717, 1.165) is 17.6 Å². The van der Waals surface area contributed by atoms with E-state index in [2.05, 4.69) is 35.8 Å². The highest BCUT2D eigenvalue weighted by atomic mass is 15.3. The van der Waals surface area contributed by atoms with Crippen molar-refractivity contribution in [1.29, 1.82) is 0 Å². The molecule has 112 valence electrons. The van der Waals surface area contributed by atoms with Gasteiger partial charge in [0.1, 0.15) is 5.82 Å². The Labute approximate surface area is 122 Å². The van der Waals surface area contributed by atoms with E-state index >= 15 is 0 Å². The summed E-state index contributed by atoms with van der Waals surface area (Å²) in [4.78, 5) is 11.3. The highest BCUT2D eigenvalue weighted by Crippen LogP contribution is 2.30. The van der Waals surface area contributed by atoms with Gasteiger partial charge in [-0.05, 0) is 25.8 Å². The van der Waals surface area contributed by atoms with Crippen molar-refractivity contribution in [2.24, 2.45) is 5.84 Å². The van der Waals surface area contributed by atoms with E-state index in [0.29, 0.717) is 23.7 Å². The molecule has 0 amide bonds. The third-order valence-corrected chi connectivity index (χ3v) is 4.62. The minimum absolute atomic E-state index is 0.396. The van der Waals surface area contributed by atoms with Gasteiger partial charge in [0.15, 0.2) is 5.65 Å². The normalized spacial score (nSPS) is 26.0. The molecule has 8 nitrogen and oxygen atoms in total. The summed E-state index contributed by atoms with van der Waals surface area (Å²) in [6.45, 7) is 2.40. The molecule has 0 bridgehead atoms. The van der Waals surface area contributed by atoms with Crippen molar-refractivity contribution in [3.05, 3.63) is 6.20 Å². The van der Waals surface area contributed by atoms with Gasteiger partial charge in [0.25, 0.3) is 0 Å². The average Bonchev–Trinajstić information content (AvgIpc) is 3.14. The van der Waals surface area contributed by atoms with Gasteiger partial charge in [0.05, 0.1) is 11.6 Å². The van der Waals surface area contributed by atoms with Crippen molar-refractivity contribution in [1.82, 2.24) is 25.1 Å². The van der Waals surface area contributed by atoms with Crippen LogP contribution in [0.15, 0.2) is 6.20 Å². The van der Waals surface area contributed by atoms with Gasteiger partial charge in [-0.15, -0.1) is 0 Å². The molecule has 5 N–H and O–H groups in total. The molecule has 2 aliphatic heterocycles. The first-order valence-electron chi connectivity index (χ1n) is 7.53. The number of nitrogens with two attached hydrogens (primary N) is 1. The molecule has 2 aromatic heterocycles. The molecule has 21 heavy (non-hydrogen) atoms. The van der Waals surface area contributed by atoms with Crippen molar-refractivity contribution in [2.45, 2.75) is 37.8 Å². The molecule has 0 saturated carbocycles. The van der Waals surface area contributed by atoms with E-state index in [1.807, 2.05) is 0 Å². The van der Waals surface area contributed by atoms with Gasteiger partial charge in [0.2, 0.25) is 5.95 Å². The Morgan fingerprint density at radius 3 is 3.10 bits per heavy atom. The van der Waals surface area contributed by atoms with Crippen LogP contribution in [0.4, 0.5) is 11.8 Å². The molecule has 2 atom stereocenters. The zero-order chi connectivity index (χ0) is 14.2. The lowest BCUT2D eigenvalue weighted by Crippen LogP contribution is -2.41. The van der Waals surface area contributed by atoms with Crippen molar-refractivity contribution in [3.8, 4) is 0 Å². The average molecular weight is 288 g/mol. The van der Waals surface area contributed by atoms with E-state index in [9.17, 15) is 0 Å². The highest BCUT2D eigenvalue weighted by Gasteiger charge is 2.35. The fourth-order valence-electron chi connectivity index (χ4n) is 3.60. The maximum atomic E-state index is 5.45. The lowest BCUT2D eigenvalue weighted by Gasteiger charge is -2.32. The second-order valence-corrected chi connectivity index (χ2v) is 5.81. The van der Waals surface area contributed by atoms with Gasteiger partial charge in [-0.3, -0.25) is 15.4 Å². The minimum Gasteiger partial charge on any atom is -0.365 e. The zero-order valence-corrected chi connectivity index (χ0v) is 11.8. The van der Waals surface area contributed by atoms with Crippen LogP contribution < -0.4 is 16.6 Å². The standard InChI is InChI=1S/C13H20N8/c14-19-13-17-11(8-7-15-20-12(8)18-13)16-9-4-6-21-5-2-1-3-10(9)21/h7,9-10H,1-6,14H2,(H3,15,16,17,18,19,20). The summed E-state index contributed by atoms with van der Waals surface area (Å²) in [5, 5.41) is 11.4. The Bertz CT molecular complexity index is 638. The molecule has 2 saturated heterocycles. The van der Waals surface area contributed by atoms with Crippen LogP contribution in [0, 0.1) is 0 Å². The molecule has 0 aliphatic carbocycles. The molecule has 2 aliphatic rings. The molecule has 0 spiro atoms. The van der Waals surface area contributed by atoms with Gasteiger partial charge < -0.3 is 5.32 Å². The predicted molar refractivity (Wildman–Crippen MR) is 80.7 cm³/mol. The molecular weight excluding hydrogens is 268 g/mol. The summed E-state index contributed by atoms with van der Waals surface area (Å²) in [6.07, 6.45) is 6.81. The summed E-state index contributed by atoms with van der Waals surface area (Å²) < 4.78 is 0. The van der Waals surface area contributed by atoms with Crippen molar-refractivity contribution in [2.75, 3.05) is 23.8 Å². The molecular formula is C13H20N8. The fourth-order valence-corrected chi connectivity index (χ4v) is 3.60. The first-order chi connectivity index (χ1) is 10.3. The van der Waals surface area contributed by atoms with Crippen molar-refractivity contribution in [3.63, 3.8) is 0 Å². The number of H-pyrrole nitrogens is 1. The largest absolute Gasteiger partial charge is 0.365 e. The Balaban J connectivity index is 1.63. The first kappa shape index (κ1) is 12.8. The number of anilines is 2. The van der Waals surface area contributed by atoms with Crippen LogP contribution in [0.25, 0.3) is 11.0 Å². The summed E-state index contributed by atoms with van der Waals surface area (Å²) in [5.41, 5.74) is 3.20. The van der Waals surface area contributed by atoms with Gasteiger partial charge in [-0.25, -0.2) is 5.84 Å². The quantitative estimate of drug-likeness (QED) is 0.486. The van der Waals surface area contributed by atoms with Crippen LogP contribution in [0.1, 0.15) is 25.7 Å². The second kappa shape index (κ2) is 5.12. The Kier molecular flexibility index (Phi) is 3.12. The summed E-state index contributed by atoms with van der Waals surface area (Å²) in [5.74, 6) is 6.65. The number of aromatic nitrogens is 4. The summed E-state index contributed by atoms with van der Waals surface area (Å²) >= 11 is 0. The molecule has 2 unspecified atom stereocenters. The lowest BCUT2D eigenvalue weighted by molar-refractivity contribution is 0.192. The van der Waals surface area contributed by atoms with Crippen molar-refractivity contribution >= 4 is 22.8 Å². The molecule has 2 aromatic rings. The predicted octanol–water partition coefficient (Wildman–Crippen LogP) is 0.677. The Hall–Kier alpha value is -1.93. The van der Waals surface area contributed by atoms with Crippen LogP contribution in [0.3, 0.4) is 0 Å². The number of rotatable bonds is 3. The number of hydrogen-bond donors (Lipinski definition) is 4. The molecule has 8 heteroatoms. The monoisotopic (exact) mass is 288 g/mol. The Morgan fingerprint density at radius 2 is 2.19 bits per heavy atom. The number of hydrogen-bond acceptors (Lipinski definition) is 7. The number of fused-ring (bicyclic) bond motifs is 2. The molecule has 4 rings (SSSR count). The number of hydrazine groups is 1. The van der Waals surface area contributed by atoms with Crippen LogP contribution in [-0.2, 0) is 0 Å². The number of piperidine rings is 1. The summed E-state index contributed by atoms with van der Waals surface area (Å²) in [7, 11) is 0. The van der Waals surface area contributed by atoms with E-state index in [4.69, 9.17) is 5.84 Å². The number of nitrogen functional groups attached to an aromatic ring is 1. The van der Waals surface area contributed by atoms with E-state index in [1.165, 1.54) is 32.4 Å². The number of nitrogens with one attached hydrogen (secondary N) is 3. The topological polar surface area (TPSA) is 108 Å². The van der Waals surface area contributed by atoms with Crippen LogP contribution in [0.2, 0.25) is 0 Å². The number of nitrogens with zero attached hydrogens (tertiary/aromatic N) is 4. The Morgan fingerprint density at radius 1 is 1.24 bits per heavy atom. The van der Waals surface area contributed by atoms with E-state index in [-0.39, 0.29) is 0 Å². The van der Waals surface area contributed by atoms with E-state index < -0.39 is 0 Å². The van der Waals surface area contributed by atoms with Gasteiger partial charge in [0, 0.05) is 18.6 Å². The van der Waals surface area contributed by atoms with Crippen LogP contribution in [0.5, 0.6) is 0 Å². The van der Waals surface area contributed by atoms with Gasteiger partial charge in [-0.2, -0.15) is 15.1 Å². The minimum atomic E-state index is 0.396. The number of aromatic amines is 1. The molecule has 0 aromatic carbocycles. The molecule has 4 heterocycles. The first-order valence-corrected chi connectivity index (χ1v) is 7.53. The molecule has 2 fully saturated rings. The third-order valence-electron chi connectivity index (χ3n) is 4.62. The second-order valence-electron chi connectivity index (χ2n) is 5.81. The van der Waals surface area contributed by atoms with Crippen LogP contribution >= 0.6 is 0 Å². The van der Waals surface area contributed by atoms with Gasteiger partial charge in [-0.1, -0.05) is 6.42 Å². The maximum Gasteiger partial charge on any atom is 0.241 e. The smallest absolute Gasteiger partial charge is 0.241 e. The summed E-state index contributed by atoms with van der Waals surface area (Å²) in [6, 6.07) is 1.05. The maximum absolute atomic E-state index is 5.45. The van der Waals surface area contributed by atoms with Crippen molar-refractivity contribution < 1.29 is 0 Å². The zero-order valence-electron chi connectivity index (χ0n) is 11.8. The molecule has 0 radical (unpaired) electrons.